The smallest absolute Gasteiger partial charge is 0.194 e. The van der Waals surface area contributed by atoms with E-state index >= 15 is 0 Å². The van der Waals surface area contributed by atoms with Crippen molar-refractivity contribution in [3.63, 3.8) is 0 Å². The third-order valence-corrected chi connectivity index (χ3v) is 2.55. The summed E-state index contributed by atoms with van der Waals surface area (Å²) in [6.45, 7) is 0. The molecule has 0 bridgehead atoms. The summed E-state index contributed by atoms with van der Waals surface area (Å²) in [5.74, 6) is -0.917. The first kappa shape index (κ1) is 8.00. The SMILES string of the molecule is Fc1nc(F)c(Br)c(Br)n1. The Morgan fingerprint density at radius 3 is 2.20 bits per heavy atom. The van der Waals surface area contributed by atoms with E-state index in [2.05, 4.69) is 41.8 Å². The molecule has 0 unspecified atom stereocenters. The molecule has 2 nitrogen and oxygen atoms in total. The standard InChI is InChI=1S/C4Br2F2N2/c5-1-2(6)9-4(8)10-3(1)7. The van der Waals surface area contributed by atoms with Crippen LogP contribution in [0, 0.1) is 12.0 Å². The maximum absolute atomic E-state index is 12.4. The molecule has 1 aromatic rings. The molecule has 0 aliphatic heterocycles. The van der Waals surface area contributed by atoms with Gasteiger partial charge < -0.3 is 0 Å². The number of halogens is 4. The van der Waals surface area contributed by atoms with Gasteiger partial charge in [0.05, 0.1) is 0 Å². The van der Waals surface area contributed by atoms with Gasteiger partial charge in [0.1, 0.15) is 9.08 Å². The molecule has 1 rings (SSSR count). The van der Waals surface area contributed by atoms with E-state index < -0.39 is 12.0 Å². The van der Waals surface area contributed by atoms with Gasteiger partial charge in [-0.1, -0.05) is 0 Å². The van der Waals surface area contributed by atoms with Crippen molar-refractivity contribution in [1.29, 1.82) is 0 Å². The van der Waals surface area contributed by atoms with E-state index in [1.165, 1.54) is 0 Å². The molecule has 0 aliphatic rings. The molecule has 10 heavy (non-hydrogen) atoms. The van der Waals surface area contributed by atoms with Crippen LogP contribution in [0.25, 0.3) is 0 Å². The largest absolute Gasteiger partial charge is 0.312 e. The van der Waals surface area contributed by atoms with E-state index in [1.54, 1.807) is 0 Å². The third kappa shape index (κ3) is 1.49. The van der Waals surface area contributed by atoms with Crippen LogP contribution in [0.2, 0.25) is 0 Å². The van der Waals surface area contributed by atoms with Gasteiger partial charge in [-0.15, -0.1) is 0 Å². The second-order valence-electron chi connectivity index (χ2n) is 1.39. The first-order valence-corrected chi connectivity index (χ1v) is 3.74. The van der Waals surface area contributed by atoms with Crippen LogP contribution in [-0.4, -0.2) is 9.97 Å². The number of aromatic nitrogens is 2. The van der Waals surface area contributed by atoms with Crippen LogP contribution in [0.5, 0.6) is 0 Å². The van der Waals surface area contributed by atoms with Crippen molar-refractivity contribution in [2.45, 2.75) is 0 Å². The zero-order chi connectivity index (χ0) is 7.72. The highest BCUT2D eigenvalue weighted by molar-refractivity contribution is 9.13. The Bertz CT molecular complexity index is 242. The predicted octanol–water partition coefficient (Wildman–Crippen LogP) is 2.28. The van der Waals surface area contributed by atoms with E-state index in [-0.39, 0.29) is 9.08 Å². The van der Waals surface area contributed by atoms with Crippen LogP contribution in [0.4, 0.5) is 8.78 Å². The van der Waals surface area contributed by atoms with Crippen molar-refractivity contribution in [2.75, 3.05) is 0 Å². The van der Waals surface area contributed by atoms with Crippen molar-refractivity contribution in [1.82, 2.24) is 9.97 Å². The lowest BCUT2D eigenvalue weighted by molar-refractivity contribution is 0.475. The van der Waals surface area contributed by atoms with Gasteiger partial charge in [0.15, 0.2) is 0 Å². The van der Waals surface area contributed by atoms with E-state index in [1.807, 2.05) is 0 Å². The maximum atomic E-state index is 12.4. The summed E-state index contributed by atoms with van der Waals surface area (Å²) in [5, 5.41) is 0. The number of hydrogen-bond donors (Lipinski definition) is 0. The van der Waals surface area contributed by atoms with Crippen LogP contribution in [-0.2, 0) is 0 Å². The zero-order valence-corrected chi connectivity index (χ0v) is 7.58. The second kappa shape index (κ2) is 2.87. The summed E-state index contributed by atoms with van der Waals surface area (Å²) >= 11 is 5.62. The normalized spacial score (nSPS) is 10.0. The molecule has 0 N–H and O–H groups in total. The van der Waals surface area contributed by atoms with E-state index in [4.69, 9.17) is 0 Å². The summed E-state index contributed by atoms with van der Waals surface area (Å²) in [4.78, 5) is 6.00. The molecule has 1 aromatic heterocycles. The zero-order valence-electron chi connectivity index (χ0n) is 4.41. The monoisotopic (exact) mass is 272 g/mol. The average molecular weight is 274 g/mol. The highest BCUT2D eigenvalue weighted by Crippen LogP contribution is 2.21. The molecule has 0 spiro atoms. The summed E-state index contributed by atoms with van der Waals surface area (Å²) in [6, 6.07) is 0. The quantitative estimate of drug-likeness (QED) is 0.535. The van der Waals surface area contributed by atoms with E-state index in [9.17, 15) is 8.78 Å². The van der Waals surface area contributed by atoms with Gasteiger partial charge in [-0.05, 0) is 31.9 Å². The van der Waals surface area contributed by atoms with Crippen LogP contribution < -0.4 is 0 Å². The second-order valence-corrected chi connectivity index (χ2v) is 2.93. The lowest BCUT2D eigenvalue weighted by Gasteiger charge is -1.94. The summed E-state index contributed by atoms with van der Waals surface area (Å²) < 4.78 is 24.6. The van der Waals surface area contributed by atoms with E-state index in [0.717, 1.165) is 0 Å². The van der Waals surface area contributed by atoms with Gasteiger partial charge in [0.2, 0.25) is 5.95 Å². The Balaban J connectivity index is 3.31. The molecule has 0 saturated carbocycles. The Kier molecular flexibility index (Phi) is 2.30. The molecule has 6 heteroatoms. The fourth-order valence-corrected chi connectivity index (χ4v) is 0.858. The fourth-order valence-electron chi connectivity index (χ4n) is 0.370. The van der Waals surface area contributed by atoms with Crippen molar-refractivity contribution >= 4 is 31.9 Å². The fraction of sp³-hybridized carbons (Fsp3) is 0. The molecular formula is C4Br2F2N2. The van der Waals surface area contributed by atoms with Crippen molar-refractivity contribution in [2.24, 2.45) is 0 Å². The molecule has 0 saturated heterocycles. The Morgan fingerprint density at radius 2 is 1.70 bits per heavy atom. The molecular weight excluding hydrogens is 274 g/mol. The van der Waals surface area contributed by atoms with Gasteiger partial charge in [-0.3, -0.25) is 0 Å². The minimum absolute atomic E-state index is 0.0221. The summed E-state index contributed by atoms with van der Waals surface area (Å²) in [5.41, 5.74) is 0. The Hall–Kier alpha value is -0.100. The first-order chi connectivity index (χ1) is 4.61. The highest BCUT2D eigenvalue weighted by atomic mass is 79.9. The molecule has 0 atom stereocenters. The Labute approximate surface area is 71.9 Å². The van der Waals surface area contributed by atoms with Gasteiger partial charge in [0, 0.05) is 0 Å². The number of nitrogens with zero attached hydrogens (tertiary/aromatic N) is 2. The lowest BCUT2D eigenvalue weighted by atomic mass is 10.7. The van der Waals surface area contributed by atoms with Gasteiger partial charge in [-0.25, -0.2) is 0 Å². The third-order valence-electron chi connectivity index (χ3n) is 0.743. The lowest BCUT2D eigenvalue weighted by Crippen LogP contribution is -1.94. The van der Waals surface area contributed by atoms with E-state index in [0.29, 0.717) is 0 Å². The van der Waals surface area contributed by atoms with Crippen LogP contribution >= 0.6 is 31.9 Å². The van der Waals surface area contributed by atoms with Crippen LogP contribution in [0.15, 0.2) is 9.08 Å². The molecule has 54 valence electrons. The van der Waals surface area contributed by atoms with Gasteiger partial charge in [-0.2, -0.15) is 18.7 Å². The molecule has 0 fully saturated rings. The first-order valence-electron chi connectivity index (χ1n) is 2.15. The van der Waals surface area contributed by atoms with Crippen molar-refractivity contribution < 1.29 is 8.78 Å². The molecule has 0 aromatic carbocycles. The molecule has 0 aliphatic carbocycles. The predicted molar refractivity (Wildman–Crippen MR) is 37.3 cm³/mol. The van der Waals surface area contributed by atoms with Crippen LogP contribution in [0.3, 0.4) is 0 Å². The maximum Gasteiger partial charge on any atom is 0.312 e. The van der Waals surface area contributed by atoms with Gasteiger partial charge in [0.25, 0.3) is 0 Å². The minimum Gasteiger partial charge on any atom is -0.194 e. The summed E-state index contributed by atoms with van der Waals surface area (Å²) in [7, 11) is 0. The minimum atomic E-state index is -1.09. The number of hydrogen-bond acceptors (Lipinski definition) is 2. The topological polar surface area (TPSA) is 25.8 Å². The molecule has 1 heterocycles. The van der Waals surface area contributed by atoms with Gasteiger partial charge >= 0.3 is 6.08 Å². The van der Waals surface area contributed by atoms with Crippen molar-refractivity contribution in [3.8, 4) is 0 Å². The molecule has 0 radical (unpaired) electrons. The average Bonchev–Trinajstić information content (AvgIpc) is 1.82. The number of rotatable bonds is 0. The van der Waals surface area contributed by atoms with Crippen LogP contribution in [0.1, 0.15) is 0 Å². The Morgan fingerprint density at radius 1 is 1.10 bits per heavy atom. The summed E-state index contributed by atoms with van der Waals surface area (Å²) in [6.07, 6.45) is -1.09. The van der Waals surface area contributed by atoms with Crippen molar-refractivity contribution in [3.05, 3.63) is 21.1 Å². The highest BCUT2D eigenvalue weighted by Gasteiger charge is 2.08. The molecule has 0 amide bonds.